The number of nitrogens with zero attached hydrogens (tertiary/aromatic N) is 3. The second-order valence-corrected chi connectivity index (χ2v) is 8.71. The van der Waals surface area contributed by atoms with E-state index < -0.39 is 10.8 Å². The van der Waals surface area contributed by atoms with Gasteiger partial charge in [0.15, 0.2) is 0 Å². The molecule has 0 saturated carbocycles. The van der Waals surface area contributed by atoms with Crippen molar-refractivity contribution < 1.29 is 24.0 Å². The minimum Gasteiger partial charge on any atom is -0.497 e. The fraction of sp³-hybridized carbons (Fsp3) is 0.231. The van der Waals surface area contributed by atoms with E-state index in [1.54, 1.807) is 49.5 Å². The standard InChI is InChI=1S/C26H25ClN4O6/c1-36-21-13-18(14-22(16-21)37-2)26(33)30-11-9-29(10-12-30)20-6-4-19(5-7-20)28-25(32)17-3-8-23(27)24(15-17)31(34)35/h3-8,13-16H,9-12H2,1-2H3,(H,28,32). The molecule has 1 heterocycles. The molecule has 0 radical (unpaired) electrons. The van der Waals surface area contributed by atoms with E-state index in [0.29, 0.717) is 48.9 Å². The number of amides is 2. The Morgan fingerprint density at radius 3 is 2.08 bits per heavy atom. The lowest BCUT2D eigenvalue weighted by Gasteiger charge is -2.36. The lowest BCUT2D eigenvalue weighted by Crippen LogP contribution is -2.48. The summed E-state index contributed by atoms with van der Waals surface area (Å²) in [5, 5.41) is 13.8. The van der Waals surface area contributed by atoms with E-state index in [9.17, 15) is 19.7 Å². The van der Waals surface area contributed by atoms with Crippen LogP contribution in [0.1, 0.15) is 20.7 Å². The molecule has 192 valence electrons. The molecule has 1 aliphatic rings. The van der Waals surface area contributed by atoms with Crippen LogP contribution < -0.4 is 19.7 Å². The smallest absolute Gasteiger partial charge is 0.288 e. The van der Waals surface area contributed by atoms with Crippen molar-refractivity contribution in [2.24, 2.45) is 0 Å². The van der Waals surface area contributed by atoms with Crippen LogP contribution >= 0.6 is 11.6 Å². The van der Waals surface area contributed by atoms with E-state index in [1.807, 2.05) is 12.1 Å². The number of nitro benzene ring substituents is 1. The number of hydrogen-bond donors (Lipinski definition) is 1. The number of piperazine rings is 1. The first-order valence-corrected chi connectivity index (χ1v) is 11.8. The predicted molar refractivity (Wildman–Crippen MR) is 140 cm³/mol. The summed E-state index contributed by atoms with van der Waals surface area (Å²) in [4.78, 5) is 40.0. The van der Waals surface area contributed by atoms with Crippen LogP contribution in [0.5, 0.6) is 11.5 Å². The number of hydrogen-bond acceptors (Lipinski definition) is 7. The summed E-state index contributed by atoms with van der Waals surface area (Å²) in [5.74, 6) is 0.553. The maximum atomic E-state index is 13.0. The van der Waals surface area contributed by atoms with Gasteiger partial charge in [0.2, 0.25) is 0 Å². The number of nitrogens with one attached hydrogen (secondary N) is 1. The number of benzene rings is 3. The van der Waals surface area contributed by atoms with Crippen molar-refractivity contribution in [1.29, 1.82) is 0 Å². The zero-order chi connectivity index (χ0) is 26.5. The monoisotopic (exact) mass is 524 g/mol. The number of carbonyl (C=O) groups excluding carboxylic acids is 2. The molecule has 0 aromatic heterocycles. The third kappa shape index (κ3) is 5.92. The van der Waals surface area contributed by atoms with Crippen molar-refractivity contribution in [3.05, 3.63) is 86.9 Å². The fourth-order valence-electron chi connectivity index (χ4n) is 4.03. The molecule has 3 aromatic rings. The van der Waals surface area contributed by atoms with Gasteiger partial charge < -0.3 is 24.6 Å². The molecule has 10 nitrogen and oxygen atoms in total. The molecule has 1 N–H and O–H groups in total. The van der Waals surface area contributed by atoms with Gasteiger partial charge >= 0.3 is 0 Å². The van der Waals surface area contributed by atoms with Gasteiger partial charge in [-0.1, -0.05) is 11.6 Å². The number of carbonyl (C=O) groups is 2. The van der Waals surface area contributed by atoms with Crippen LogP contribution in [0.4, 0.5) is 17.1 Å². The third-order valence-electron chi connectivity index (χ3n) is 6.06. The number of anilines is 2. The van der Waals surface area contributed by atoms with E-state index in [-0.39, 0.29) is 22.2 Å². The first-order chi connectivity index (χ1) is 17.8. The normalized spacial score (nSPS) is 13.2. The van der Waals surface area contributed by atoms with E-state index in [1.165, 1.54) is 12.1 Å². The van der Waals surface area contributed by atoms with Crippen molar-refractivity contribution in [2.75, 3.05) is 50.6 Å². The van der Waals surface area contributed by atoms with Crippen molar-refractivity contribution in [2.45, 2.75) is 0 Å². The van der Waals surface area contributed by atoms with Crippen molar-refractivity contribution in [3.63, 3.8) is 0 Å². The lowest BCUT2D eigenvalue weighted by molar-refractivity contribution is -0.384. The molecule has 0 spiro atoms. The minimum atomic E-state index is -0.630. The van der Waals surface area contributed by atoms with Gasteiger partial charge in [-0.25, -0.2) is 0 Å². The summed E-state index contributed by atoms with van der Waals surface area (Å²) < 4.78 is 10.5. The topological polar surface area (TPSA) is 114 Å². The molecule has 0 bridgehead atoms. The predicted octanol–water partition coefficient (Wildman–Crippen LogP) is 4.48. The van der Waals surface area contributed by atoms with Crippen LogP contribution in [0.2, 0.25) is 5.02 Å². The zero-order valence-electron chi connectivity index (χ0n) is 20.3. The average Bonchev–Trinajstić information content (AvgIpc) is 2.92. The highest BCUT2D eigenvalue weighted by molar-refractivity contribution is 6.32. The Morgan fingerprint density at radius 2 is 1.51 bits per heavy atom. The van der Waals surface area contributed by atoms with E-state index in [4.69, 9.17) is 21.1 Å². The van der Waals surface area contributed by atoms with Gasteiger partial charge in [0.1, 0.15) is 16.5 Å². The van der Waals surface area contributed by atoms with Crippen molar-refractivity contribution in [1.82, 2.24) is 4.90 Å². The minimum absolute atomic E-state index is 0.0316. The molecule has 4 rings (SSSR count). The third-order valence-corrected chi connectivity index (χ3v) is 6.38. The Kier molecular flexibility index (Phi) is 7.78. The number of nitro groups is 1. The van der Waals surface area contributed by atoms with Crippen LogP contribution in [0, 0.1) is 10.1 Å². The molecule has 1 aliphatic heterocycles. The highest BCUT2D eigenvalue weighted by atomic mass is 35.5. The summed E-state index contributed by atoms with van der Waals surface area (Å²) in [6, 6.07) is 16.3. The first kappa shape index (κ1) is 25.8. The number of methoxy groups -OCH3 is 2. The molecule has 11 heteroatoms. The molecule has 0 aliphatic carbocycles. The first-order valence-electron chi connectivity index (χ1n) is 11.4. The maximum Gasteiger partial charge on any atom is 0.288 e. The highest BCUT2D eigenvalue weighted by Gasteiger charge is 2.23. The van der Waals surface area contributed by atoms with Gasteiger partial charge in [-0.05, 0) is 48.5 Å². The van der Waals surface area contributed by atoms with Gasteiger partial charge in [-0.15, -0.1) is 0 Å². The molecule has 3 aromatic carbocycles. The fourth-order valence-corrected chi connectivity index (χ4v) is 4.22. The van der Waals surface area contributed by atoms with E-state index >= 15 is 0 Å². The zero-order valence-corrected chi connectivity index (χ0v) is 21.0. The molecule has 0 unspecified atom stereocenters. The Morgan fingerprint density at radius 1 is 0.892 bits per heavy atom. The van der Waals surface area contributed by atoms with Crippen LogP contribution in [0.15, 0.2) is 60.7 Å². The van der Waals surface area contributed by atoms with Crippen LogP contribution in [0.25, 0.3) is 0 Å². The number of ether oxygens (including phenoxy) is 2. The van der Waals surface area contributed by atoms with Gasteiger partial charge in [0, 0.05) is 60.8 Å². The Hall–Kier alpha value is -4.31. The second kappa shape index (κ2) is 11.2. The number of rotatable bonds is 7. The van der Waals surface area contributed by atoms with E-state index in [2.05, 4.69) is 10.2 Å². The van der Waals surface area contributed by atoms with Gasteiger partial charge in [-0.2, -0.15) is 0 Å². The SMILES string of the molecule is COc1cc(OC)cc(C(=O)N2CCN(c3ccc(NC(=O)c4ccc(Cl)c([N+](=O)[O-])c4)cc3)CC2)c1. The summed E-state index contributed by atoms with van der Waals surface area (Å²) in [5.41, 5.74) is 1.82. The largest absolute Gasteiger partial charge is 0.497 e. The van der Waals surface area contributed by atoms with Crippen LogP contribution in [0.3, 0.4) is 0 Å². The molecule has 0 atom stereocenters. The molecular formula is C26H25ClN4O6. The van der Waals surface area contributed by atoms with Crippen molar-refractivity contribution >= 4 is 40.5 Å². The average molecular weight is 525 g/mol. The molecular weight excluding hydrogens is 500 g/mol. The number of halogens is 1. The van der Waals surface area contributed by atoms with E-state index in [0.717, 1.165) is 11.8 Å². The maximum absolute atomic E-state index is 13.0. The Bertz CT molecular complexity index is 1300. The summed E-state index contributed by atoms with van der Waals surface area (Å²) >= 11 is 5.82. The Balaban J connectivity index is 1.36. The van der Waals surface area contributed by atoms with Gasteiger partial charge in [0.25, 0.3) is 17.5 Å². The van der Waals surface area contributed by atoms with Crippen molar-refractivity contribution in [3.8, 4) is 11.5 Å². The Labute approximate surface area is 218 Å². The van der Waals surface area contributed by atoms with Gasteiger partial charge in [-0.3, -0.25) is 19.7 Å². The summed E-state index contributed by atoms with van der Waals surface area (Å²) in [6.07, 6.45) is 0. The van der Waals surface area contributed by atoms with Crippen LogP contribution in [-0.2, 0) is 0 Å². The molecule has 1 saturated heterocycles. The second-order valence-electron chi connectivity index (χ2n) is 8.30. The lowest BCUT2D eigenvalue weighted by atomic mass is 10.1. The molecule has 37 heavy (non-hydrogen) atoms. The summed E-state index contributed by atoms with van der Waals surface area (Å²) in [6.45, 7) is 2.39. The quantitative estimate of drug-likeness (QED) is 0.358. The van der Waals surface area contributed by atoms with Crippen LogP contribution in [-0.4, -0.2) is 62.0 Å². The molecule has 1 fully saturated rings. The highest BCUT2D eigenvalue weighted by Crippen LogP contribution is 2.27. The molecule has 2 amide bonds. The summed E-state index contributed by atoms with van der Waals surface area (Å²) in [7, 11) is 3.09. The van der Waals surface area contributed by atoms with Gasteiger partial charge in [0.05, 0.1) is 19.1 Å².